The lowest BCUT2D eigenvalue weighted by Crippen LogP contribution is -2.16. The molecular weight excluding hydrogens is 230 g/mol. The summed E-state index contributed by atoms with van der Waals surface area (Å²) in [7, 11) is 3.09. The molecule has 5 nitrogen and oxygen atoms in total. The van der Waals surface area contributed by atoms with Crippen molar-refractivity contribution in [3.8, 4) is 11.8 Å². The van der Waals surface area contributed by atoms with Crippen LogP contribution in [0, 0.1) is 0 Å². The normalized spacial score (nSPS) is 9.94. The second-order valence-corrected chi connectivity index (χ2v) is 3.53. The summed E-state index contributed by atoms with van der Waals surface area (Å²) in [6.07, 6.45) is 1.39. The van der Waals surface area contributed by atoms with Gasteiger partial charge in [-0.3, -0.25) is 0 Å². The maximum absolute atomic E-state index is 5.64. The zero-order chi connectivity index (χ0) is 12.0. The fourth-order valence-electron chi connectivity index (χ4n) is 1.21. The molecule has 0 radical (unpaired) electrons. The van der Waals surface area contributed by atoms with E-state index in [4.69, 9.17) is 21.1 Å². The van der Waals surface area contributed by atoms with Gasteiger partial charge < -0.3 is 14.8 Å². The molecule has 0 saturated heterocycles. The maximum atomic E-state index is 5.64. The van der Waals surface area contributed by atoms with Gasteiger partial charge in [0, 0.05) is 18.1 Å². The highest BCUT2D eigenvalue weighted by Gasteiger charge is 2.11. The fraction of sp³-hybridized carbons (Fsp3) is 0.400. The molecule has 0 aliphatic rings. The van der Waals surface area contributed by atoms with Crippen molar-refractivity contribution >= 4 is 11.6 Å². The molecule has 0 aliphatic heterocycles. The van der Waals surface area contributed by atoms with Crippen molar-refractivity contribution < 1.29 is 9.47 Å². The maximum Gasteiger partial charge on any atom is 0.224 e. The summed E-state index contributed by atoms with van der Waals surface area (Å²) < 4.78 is 10.2. The highest BCUT2D eigenvalue weighted by atomic mass is 35.5. The average molecular weight is 244 g/mol. The quantitative estimate of drug-likeness (QED) is 0.817. The van der Waals surface area contributed by atoms with Crippen LogP contribution in [-0.4, -0.2) is 30.7 Å². The summed E-state index contributed by atoms with van der Waals surface area (Å²) in [5, 5.41) is 3.62. The Morgan fingerprint density at radius 1 is 1.38 bits per heavy atom. The van der Waals surface area contributed by atoms with E-state index in [9.17, 15) is 0 Å². The summed E-state index contributed by atoms with van der Waals surface area (Å²) in [4.78, 5) is 7.99. The van der Waals surface area contributed by atoms with Crippen molar-refractivity contribution in [2.45, 2.75) is 6.54 Å². The van der Waals surface area contributed by atoms with E-state index in [-0.39, 0.29) is 0 Å². The number of methoxy groups -OCH3 is 2. The molecule has 88 valence electrons. The van der Waals surface area contributed by atoms with Gasteiger partial charge in [-0.25, -0.2) is 9.97 Å². The van der Waals surface area contributed by atoms with E-state index >= 15 is 0 Å². The van der Waals surface area contributed by atoms with Crippen molar-refractivity contribution in [2.75, 3.05) is 20.8 Å². The van der Waals surface area contributed by atoms with Crippen molar-refractivity contribution in [2.24, 2.45) is 0 Å². The number of nitrogens with zero attached hydrogens (tertiary/aromatic N) is 2. The van der Waals surface area contributed by atoms with E-state index in [0.29, 0.717) is 29.9 Å². The Morgan fingerprint density at radius 2 is 1.94 bits per heavy atom. The van der Waals surface area contributed by atoms with E-state index in [0.717, 1.165) is 5.56 Å². The lowest BCUT2D eigenvalue weighted by atomic mass is 10.3. The molecule has 1 heterocycles. The summed E-state index contributed by atoms with van der Waals surface area (Å²) in [6, 6.07) is 0. The number of ether oxygens (including phenoxy) is 2. The van der Waals surface area contributed by atoms with E-state index in [2.05, 4.69) is 21.9 Å². The molecule has 0 amide bonds. The third-order valence-electron chi connectivity index (χ3n) is 1.87. The standard InChI is InChI=1S/C10H14ClN3O2/c1-7(11)4-12-5-8-9(15-2)13-6-14-10(8)16-3/h6,12H,1,4-5H2,2-3H3. The Hall–Kier alpha value is -1.33. The first-order valence-corrected chi connectivity index (χ1v) is 5.02. The Labute approximate surface area is 99.5 Å². The van der Waals surface area contributed by atoms with E-state index < -0.39 is 0 Å². The Bertz CT molecular complexity index is 349. The predicted molar refractivity (Wildman–Crippen MR) is 61.8 cm³/mol. The van der Waals surface area contributed by atoms with Gasteiger partial charge in [0.05, 0.1) is 19.8 Å². The van der Waals surface area contributed by atoms with Crippen molar-refractivity contribution in [3.05, 3.63) is 23.5 Å². The molecule has 0 aliphatic carbocycles. The second kappa shape index (κ2) is 6.30. The Balaban J connectivity index is 2.78. The molecule has 1 N–H and O–H groups in total. The van der Waals surface area contributed by atoms with Gasteiger partial charge in [-0.15, -0.1) is 0 Å². The first kappa shape index (κ1) is 12.7. The molecule has 1 aromatic rings. The first-order chi connectivity index (χ1) is 7.69. The minimum absolute atomic E-state index is 0.486. The molecule has 6 heteroatoms. The van der Waals surface area contributed by atoms with Gasteiger partial charge in [-0.05, 0) is 0 Å². The number of aromatic nitrogens is 2. The van der Waals surface area contributed by atoms with Crippen molar-refractivity contribution in [1.82, 2.24) is 15.3 Å². The van der Waals surface area contributed by atoms with Crippen LogP contribution in [0.3, 0.4) is 0 Å². The minimum atomic E-state index is 0.486. The first-order valence-electron chi connectivity index (χ1n) is 4.65. The molecule has 0 bridgehead atoms. The molecule has 1 rings (SSSR count). The lowest BCUT2D eigenvalue weighted by molar-refractivity contribution is 0.360. The molecule has 1 aromatic heterocycles. The smallest absolute Gasteiger partial charge is 0.224 e. The zero-order valence-corrected chi connectivity index (χ0v) is 10.0. The van der Waals surface area contributed by atoms with Gasteiger partial charge in [-0.2, -0.15) is 0 Å². The third-order valence-corrected chi connectivity index (χ3v) is 2.01. The van der Waals surface area contributed by atoms with Crippen LogP contribution in [0.4, 0.5) is 0 Å². The second-order valence-electron chi connectivity index (χ2n) is 2.99. The van der Waals surface area contributed by atoms with Crippen LogP contribution in [0.15, 0.2) is 17.9 Å². The van der Waals surface area contributed by atoms with Gasteiger partial charge in [0.25, 0.3) is 0 Å². The number of nitrogens with one attached hydrogen (secondary N) is 1. The molecular formula is C10H14ClN3O2. The van der Waals surface area contributed by atoms with E-state index in [1.807, 2.05) is 0 Å². The Morgan fingerprint density at radius 3 is 2.38 bits per heavy atom. The van der Waals surface area contributed by atoms with Crippen LogP contribution in [-0.2, 0) is 6.54 Å². The van der Waals surface area contributed by atoms with Gasteiger partial charge in [0.1, 0.15) is 6.33 Å². The van der Waals surface area contributed by atoms with Gasteiger partial charge in [0.15, 0.2) is 0 Å². The monoisotopic (exact) mass is 243 g/mol. The van der Waals surface area contributed by atoms with E-state index in [1.54, 1.807) is 14.2 Å². The SMILES string of the molecule is C=C(Cl)CNCc1c(OC)ncnc1OC. The summed E-state index contributed by atoms with van der Waals surface area (Å²) in [6.45, 7) is 4.58. The molecule has 0 atom stereocenters. The largest absolute Gasteiger partial charge is 0.481 e. The highest BCUT2D eigenvalue weighted by Crippen LogP contribution is 2.22. The summed E-state index contributed by atoms with van der Waals surface area (Å²) in [5.41, 5.74) is 0.755. The van der Waals surface area contributed by atoms with Gasteiger partial charge >= 0.3 is 0 Å². The number of halogens is 1. The van der Waals surface area contributed by atoms with Crippen LogP contribution in [0.2, 0.25) is 0 Å². The summed E-state index contributed by atoms with van der Waals surface area (Å²) >= 11 is 5.64. The molecule has 0 unspecified atom stereocenters. The molecule has 0 aromatic carbocycles. The average Bonchev–Trinajstić information content (AvgIpc) is 2.28. The van der Waals surface area contributed by atoms with E-state index in [1.165, 1.54) is 6.33 Å². The Kier molecular flexibility index (Phi) is 5.01. The third kappa shape index (κ3) is 3.36. The number of rotatable bonds is 6. The van der Waals surface area contributed by atoms with Crippen LogP contribution in [0.25, 0.3) is 0 Å². The van der Waals surface area contributed by atoms with Crippen LogP contribution in [0.5, 0.6) is 11.8 Å². The van der Waals surface area contributed by atoms with Crippen LogP contribution < -0.4 is 14.8 Å². The number of hydrogen-bond donors (Lipinski definition) is 1. The molecule has 0 saturated carbocycles. The molecule has 0 spiro atoms. The van der Waals surface area contributed by atoms with Crippen LogP contribution >= 0.6 is 11.6 Å². The molecule has 16 heavy (non-hydrogen) atoms. The summed E-state index contributed by atoms with van der Waals surface area (Å²) in [5.74, 6) is 0.971. The van der Waals surface area contributed by atoms with Crippen LogP contribution in [0.1, 0.15) is 5.56 Å². The lowest BCUT2D eigenvalue weighted by Gasteiger charge is -2.11. The molecule has 0 fully saturated rings. The zero-order valence-electron chi connectivity index (χ0n) is 9.29. The number of hydrogen-bond acceptors (Lipinski definition) is 5. The fourth-order valence-corrected chi connectivity index (χ4v) is 1.30. The van der Waals surface area contributed by atoms with Crippen molar-refractivity contribution in [3.63, 3.8) is 0 Å². The topological polar surface area (TPSA) is 56.3 Å². The van der Waals surface area contributed by atoms with Gasteiger partial charge in [0.2, 0.25) is 11.8 Å². The van der Waals surface area contributed by atoms with Crippen molar-refractivity contribution in [1.29, 1.82) is 0 Å². The highest BCUT2D eigenvalue weighted by molar-refractivity contribution is 6.29. The minimum Gasteiger partial charge on any atom is -0.481 e. The van der Waals surface area contributed by atoms with Gasteiger partial charge in [-0.1, -0.05) is 18.2 Å². The predicted octanol–water partition coefficient (Wildman–Crippen LogP) is 1.34.